The van der Waals surface area contributed by atoms with E-state index in [1.54, 1.807) is 23.7 Å². The number of hydrogen-bond acceptors (Lipinski definition) is 5. The normalized spacial score (nSPS) is 15.1. The molecule has 1 fully saturated rings. The van der Waals surface area contributed by atoms with Gasteiger partial charge in [0.15, 0.2) is 0 Å². The summed E-state index contributed by atoms with van der Waals surface area (Å²) < 4.78 is 15.9. The minimum atomic E-state index is -0.515. The second-order valence-electron chi connectivity index (χ2n) is 7.24. The fourth-order valence-corrected chi connectivity index (χ4v) is 3.58. The predicted octanol–water partition coefficient (Wildman–Crippen LogP) is 1.15. The maximum absolute atomic E-state index is 14.2. The number of carbonyl (C=O) groups excluding carboxylic acids is 1. The summed E-state index contributed by atoms with van der Waals surface area (Å²) in [5.74, 6) is -0.943. The van der Waals surface area contributed by atoms with E-state index in [9.17, 15) is 14.0 Å². The number of rotatable bonds is 4. The van der Waals surface area contributed by atoms with E-state index < -0.39 is 11.7 Å². The van der Waals surface area contributed by atoms with Gasteiger partial charge in [0.2, 0.25) is 0 Å². The minimum Gasteiger partial charge on any atom is -0.369 e. The van der Waals surface area contributed by atoms with Crippen LogP contribution in [0.5, 0.6) is 0 Å². The summed E-state index contributed by atoms with van der Waals surface area (Å²) in [5, 5.41) is 6.97. The van der Waals surface area contributed by atoms with E-state index in [-0.39, 0.29) is 11.1 Å². The number of halogens is 1. The van der Waals surface area contributed by atoms with E-state index in [1.165, 1.54) is 19.2 Å². The number of aryl methyl sites for hydroxylation is 1. The van der Waals surface area contributed by atoms with Crippen LogP contribution in [0, 0.1) is 12.7 Å². The third kappa shape index (κ3) is 3.86. The molecule has 0 atom stereocenters. The van der Waals surface area contributed by atoms with Crippen molar-refractivity contribution in [2.45, 2.75) is 13.5 Å². The molecular formula is C20H23FN6O2. The van der Waals surface area contributed by atoms with Crippen molar-refractivity contribution in [1.29, 1.82) is 0 Å². The monoisotopic (exact) mass is 398 g/mol. The molecule has 0 unspecified atom stereocenters. The zero-order chi connectivity index (χ0) is 20.5. The zero-order valence-corrected chi connectivity index (χ0v) is 16.4. The van der Waals surface area contributed by atoms with Crippen molar-refractivity contribution < 1.29 is 9.18 Å². The number of amides is 1. The molecule has 1 saturated heterocycles. The van der Waals surface area contributed by atoms with Crippen LogP contribution in [0.2, 0.25) is 0 Å². The Bertz CT molecular complexity index is 1110. The number of piperazine rings is 1. The number of fused-ring (bicyclic) bond motifs is 1. The van der Waals surface area contributed by atoms with Crippen LogP contribution in [0.4, 0.5) is 10.1 Å². The van der Waals surface area contributed by atoms with Gasteiger partial charge in [-0.15, -0.1) is 0 Å². The Hall–Kier alpha value is -3.20. The highest BCUT2D eigenvalue weighted by atomic mass is 19.1. The predicted molar refractivity (Wildman–Crippen MR) is 108 cm³/mol. The molecule has 0 saturated carbocycles. The SMILES string of the molecule is CNC(=O)c1ccc(N2CCN(Cc3cc4[nH]c(=O)c(C)cn4n3)CC2)cc1F. The first-order valence-corrected chi connectivity index (χ1v) is 9.52. The molecule has 1 aromatic carbocycles. The fraction of sp³-hybridized carbons (Fsp3) is 0.350. The molecule has 0 bridgehead atoms. The van der Waals surface area contributed by atoms with E-state index in [0.717, 1.165) is 37.6 Å². The van der Waals surface area contributed by atoms with Crippen LogP contribution >= 0.6 is 0 Å². The topological polar surface area (TPSA) is 85.7 Å². The molecule has 1 amide bonds. The van der Waals surface area contributed by atoms with Gasteiger partial charge in [0, 0.05) is 63.3 Å². The number of H-pyrrole nitrogens is 1. The number of carbonyl (C=O) groups is 1. The van der Waals surface area contributed by atoms with Crippen molar-refractivity contribution in [2.75, 3.05) is 38.1 Å². The van der Waals surface area contributed by atoms with Crippen molar-refractivity contribution in [3.05, 3.63) is 63.5 Å². The van der Waals surface area contributed by atoms with Crippen LogP contribution in [0.25, 0.3) is 5.65 Å². The number of aromatic nitrogens is 3. The maximum Gasteiger partial charge on any atom is 0.254 e. The maximum atomic E-state index is 14.2. The Morgan fingerprint density at radius 2 is 2.00 bits per heavy atom. The molecule has 152 valence electrons. The van der Waals surface area contributed by atoms with E-state index in [4.69, 9.17) is 0 Å². The molecule has 0 spiro atoms. The second-order valence-corrected chi connectivity index (χ2v) is 7.24. The Morgan fingerprint density at radius 3 is 2.69 bits per heavy atom. The molecule has 1 aliphatic rings. The summed E-state index contributed by atoms with van der Waals surface area (Å²) in [6.45, 7) is 5.55. The van der Waals surface area contributed by atoms with Gasteiger partial charge >= 0.3 is 0 Å². The summed E-state index contributed by atoms with van der Waals surface area (Å²) in [6.07, 6.45) is 1.73. The first-order valence-electron chi connectivity index (χ1n) is 9.52. The van der Waals surface area contributed by atoms with Gasteiger partial charge in [0.05, 0.1) is 11.3 Å². The molecule has 29 heavy (non-hydrogen) atoms. The van der Waals surface area contributed by atoms with Crippen LogP contribution in [0.1, 0.15) is 21.6 Å². The molecule has 0 aliphatic carbocycles. The summed E-state index contributed by atoms with van der Waals surface area (Å²) in [7, 11) is 1.48. The lowest BCUT2D eigenvalue weighted by molar-refractivity contribution is 0.0959. The van der Waals surface area contributed by atoms with E-state index in [1.807, 2.05) is 6.07 Å². The highest BCUT2D eigenvalue weighted by molar-refractivity contribution is 5.94. The first-order chi connectivity index (χ1) is 13.9. The highest BCUT2D eigenvalue weighted by Crippen LogP contribution is 2.21. The van der Waals surface area contributed by atoms with Gasteiger partial charge in [0.25, 0.3) is 11.5 Å². The minimum absolute atomic E-state index is 0.0509. The van der Waals surface area contributed by atoms with E-state index in [0.29, 0.717) is 17.8 Å². The zero-order valence-electron chi connectivity index (χ0n) is 16.4. The summed E-state index contributed by atoms with van der Waals surface area (Å²) in [6, 6.07) is 6.61. The smallest absolute Gasteiger partial charge is 0.254 e. The van der Waals surface area contributed by atoms with Gasteiger partial charge in [-0.3, -0.25) is 14.5 Å². The summed E-state index contributed by atoms with van der Waals surface area (Å²) >= 11 is 0. The molecule has 3 aromatic rings. The van der Waals surface area contributed by atoms with Crippen LogP contribution in [-0.2, 0) is 6.54 Å². The standard InChI is InChI=1S/C20H23FN6O2/c1-13-11-27-18(23-19(13)28)9-14(24-27)12-25-5-7-26(8-6-25)15-3-4-16(17(21)10-15)20(29)22-2/h3-4,9-11H,5-8,12H2,1-2H3,(H,22,29)(H,23,28). The lowest BCUT2D eigenvalue weighted by Crippen LogP contribution is -2.46. The first kappa shape index (κ1) is 19.1. The second kappa shape index (κ2) is 7.67. The molecule has 1 aliphatic heterocycles. The highest BCUT2D eigenvalue weighted by Gasteiger charge is 2.20. The van der Waals surface area contributed by atoms with E-state index in [2.05, 4.69) is 25.2 Å². The summed E-state index contributed by atoms with van der Waals surface area (Å²) in [5.41, 5.74) is 2.91. The number of nitrogens with zero attached hydrogens (tertiary/aromatic N) is 4. The number of benzene rings is 1. The fourth-order valence-electron chi connectivity index (χ4n) is 3.58. The Balaban J connectivity index is 1.40. The lowest BCUT2D eigenvalue weighted by atomic mass is 10.1. The quantitative estimate of drug-likeness (QED) is 0.689. The number of aromatic amines is 1. The van der Waals surface area contributed by atoms with Crippen molar-refractivity contribution in [3.63, 3.8) is 0 Å². The van der Waals surface area contributed by atoms with Crippen LogP contribution in [0.15, 0.2) is 35.3 Å². The van der Waals surface area contributed by atoms with Crippen LogP contribution < -0.4 is 15.8 Å². The molecule has 0 radical (unpaired) electrons. The van der Waals surface area contributed by atoms with Gasteiger partial charge in [-0.25, -0.2) is 8.91 Å². The molecule has 4 rings (SSSR count). The van der Waals surface area contributed by atoms with Gasteiger partial charge in [0.1, 0.15) is 11.5 Å². The molecule has 9 heteroatoms. The largest absolute Gasteiger partial charge is 0.369 e. The number of nitrogens with one attached hydrogen (secondary N) is 2. The third-order valence-corrected chi connectivity index (χ3v) is 5.25. The van der Waals surface area contributed by atoms with Gasteiger partial charge in [-0.2, -0.15) is 5.10 Å². The lowest BCUT2D eigenvalue weighted by Gasteiger charge is -2.35. The Morgan fingerprint density at radius 1 is 1.24 bits per heavy atom. The van der Waals surface area contributed by atoms with Crippen molar-refractivity contribution in [1.82, 2.24) is 24.8 Å². The molecule has 3 heterocycles. The Kier molecular flexibility index (Phi) is 5.06. The van der Waals surface area contributed by atoms with Gasteiger partial charge in [-0.05, 0) is 25.1 Å². The Labute approximate surface area is 166 Å². The molecule has 8 nitrogen and oxygen atoms in total. The van der Waals surface area contributed by atoms with Gasteiger partial charge in [-0.1, -0.05) is 0 Å². The average molecular weight is 398 g/mol. The van der Waals surface area contributed by atoms with Crippen LogP contribution in [-0.4, -0.2) is 58.6 Å². The van der Waals surface area contributed by atoms with E-state index >= 15 is 0 Å². The van der Waals surface area contributed by atoms with Crippen molar-refractivity contribution >= 4 is 17.2 Å². The van der Waals surface area contributed by atoms with Crippen LogP contribution in [0.3, 0.4) is 0 Å². The molecule has 2 aromatic heterocycles. The molecule has 2 N–H and O–H groups in total. The van der Waals surface area contributed by atoms with Crippen molar-refractivity contribution in [3.8, 4) is 0 Å². The number of hydrogen-bond donors (Lipinski definition) is 2. The molecular weight excluding hydrogens is 375 g/mol. The number of anilines is 1. The van der Waals surface area contributed by atoms with Gasteiger partial charge < -0.3 is 15.2 Å². The summed E-state index contributed by atoms with van der Waals surface area (Å²) in [4.78, 5) is 30.6. The third-order valence-electron chi connectivity index (χ3n) is 5.25. The van der Waals surface area contributed by atoms with Crippen molar-refractivity contribution in [2.24, 2.45) is 0 Å². The average Bonchev–Trinajstić information content (AvgIpc) is 3.09.